The molecule has 0 aromatic carbocycles. The molecule has 4 rings (SSSR count). The molecule has 0 bridgehead atoms. The molecule has 23 heavy (non-hydrogen) atoms. The number of hydrogen-bond acceptors (Lipinski definition) is 5. The highest BCUT2D eigenvalue weighted by Gasteiger charge is 2.25. The van der Waals surface area contributed by atoms with Crippen molar-refractivity contribution in [3.63, 3.8) is 0 Å². The van der Waals surface area contributed by atoms with E-state index in [1.54, 1.807) is 0 Å². The number of pyridine rings is 1. The minimum atomic E-state index is 0.611. The molecule has 0 amide bonds. The van der Waals surface area contributed by atoms with Gasteiger partial charge in [0, 0.05) is 43.5 Å². The molecule has 3 heterocycles. The van der Waals surface area contributed by atoms with Gasteiger partial charge in [-0.2, -0.15) is 0 Å². The van der Waals surface area contributed by atoms with Gasteiger partial charge in [-0.15, -0.1) is 0 Å². The minimum absolute atomic E-state index is 0.611. The average Bonchev–Trinajstić information content (AvgIpc) is 3.10. The Labute approximate surface area is 136 Å². The fourth-order valence-corrected chi connectivity index (χ4v) is 3.03. The van der Waals surface area contributed by atoms with Crippen molar-refractivity contribution < 1.29 is 0 Å². The van der Waals surface area contributed by atoms with Crippen LogP contribution in [0.3, 0.4) is 0 Å². The lowest BCUT2D eigenvalue weighted by molar-refractivity contribution is 0.559. The summed E-state index contributed by atoms with van der Waals surface area (Å²) in [6.07, 6.45) is 5.73. The van der Waals surface area contributed by atoms with Gasteiger partial charge in [0.15, 0.2) is 5.82 Å². The molecule has 0 spiro atoms. The Kier molecular flexibility index (Phi) is 4.26. The molecule has 1 saturated heterocycles. The summed E-state index contributed by atoms with van der Waals surface area (Å²) in [5.41, 5.74) is 2.14. The third kappa shape index (κ3) is 3.71. The van der Waals surface area contributed by atoms with Crippen LogP contribution in [-0.4, -0.2) is 47.2 Å². The number of anilines is 1. The largest absolute Gasteiger partial charge is 0.369 e. The van der Waals surface area contributed by atoms with E-state index in [2.05, 4.69) is 30.9 Å². The smallest absolute Gasteiger partial charge is 0.156 e. The number of rotatable bonds is 7. The molecule has 4 N–H and O–H groups in total. The number of aromatic amines is 1. The van der Waals surface area contributed by atoms with Crippen LogP contribution in [-0.2, 0) is 0 Å². The lowest BCUT2D eigenvalue weighted by Gasteiger charge is -2.12. The minimum Gasteiger partial charge on any atom is -0.369 e. The molecule has 2 fully saturated rings. The molecule has 6 nitrogen and oxygen atoms in total. The Hall–Kier alpha value is -1.92. The topological polar surface area (TPSA) is 77.7 Å². The Balaban J connectivity index is 1.32. The summed E-state index contributed by atoms with van der Waals surface area (Å²) in [6.45, 7) is 4.03. The first-order valence-corrected chi connectivity index (χ1v) is 8.59. The summed E-state index contributed by atoms with van der Waals surface area (Å²) in [4.78, 5) is 12.5. The second-order valence-corrected chi connectivity index (χ2v) is 6.44. The molecule has 122 valence electrons. The van der Waals surface area contributed by atoms with Crippen molar-refractivity contribution in [3.8, 4) is 11.5 Å². The lowest BCUT2D eigenvalue weighted by atomic mass is 10.2. The Morgan fingerprint density at radius 3 is 2.96 bits per heavy atom. The van der Waals surface area contributed by atoms with Gasteiger partial charge in [-0.05, 0) is 37.9 Å². The van der Waals surface area contributed by atoms with Crippen LogP contribution in [0.15, 0.2) is 24.4 Å². The van der Waals surface area contributed by atoms with Gasteiger partial charge in [0.2, 0.25) is 0 Å². The predicted octanol–water partition coefficient (Wildman–Crippen LogP) is 1.71. The zero-order valence-electron chi connectivity index (χ0n) is 13.3. The highest BCUT2D eigenvalue weighted by atomic mass is 15.1. The molecule has 1 aliphatic heterocycles. The summed E-state index contributed by atoms with van der Waals surface area (Å²) in [6, 6.07) is 6.65. The van der Waals surface area contributed by atoms with Gasteiger partial charge in [-0.3, -0.25) is 0 Å². The van der Waals surface area contributed by atoms with Gasteiger partial charge in [0.25, 0.3) is 0 Å². The van der Waals surface area contributed by atoms with Gasteiger partial charge in [-0.1, -0.05) is 6.07 Å². The van der Waals surface area contributed by atoms with E-state index in [9.17, 15) is 0 Å². The van der Waals surface area contributed by atoms with E-state index in [4.69, 9.17) is 0 Å². The summed E-state index contributed by atoms with van der Waals surface area (Å²) < 4.78 is 0. The molecule has 1 atom stereocenters. The molecule has 1 unspecified atom stereocenters. The van der Waals surface area contributed by atoms with Crippen molar-refractivity contribution in [2.75, 3.05) is 31.5 Å². The van der Waals surface area contributed by atoms with Crippen LogP contribution in [0.25, 0.3) is 11.5 Å². The maximum Gasteiger partial charge on any atom is 0.156 e. The van der Waals surface area contributed by atoms with Crippen molar-refractivity contribution in [1.29, 1.82) is 0 Å². The number of imidazole rings is 1. The number of nitrogens with one attached hydrogen (secondary N) is 4. The van der Waals surface area contributed by atoms with Crippen molar-refractivity contribution in [2.45, 2.75) is 31.2 Å². The molecule has 1 aliphatic carbocycles. The van der Waals surface area contributed by atoms with Crippen LogP contribution in [0.2, 0.25) is 0 Å². The third-order valence-corrected chi connectivity index (χ3v) is 4.53. The number of aromatic nitrogens is 3. The van der Waals surface area contributed by atoms with Crippen molar-refractivity contribution in [1.82, 2.24) is 25.6 Å². The summed E-state index contributed by atoms with van der Waals surface area (Å²) in [7, 11) is 0. The molecule has 0 radical (unpaired) electrons. The van der Waals surface area contributed by atoms with Crippen molar-refractivity contribution >= 4 is 5.82 Å². The summed E-state index contributed by atoms with van der Waals surface area (Å²) in [5.74, 6) is 2.46. The molecular formula is C17H24N6. The van der Waals surface area contributed by atoms with E-state index in [0.717, 1.165) is 43.5 Å². The van der Waals surface area contributed by atoms with Crippen molar-refractivity contribution in [3.05, 3.63) is 30.1 Å². The maximum atomic E-state index is 4.66. The number of nitrogens with zero attached hydrogens (tertiary/aromatic N) is 2. The van der Waals surface area contributed by atoms with Crippen LogP contribution >= 0.6 is 0 Å². The summed E-state index contributed by atoms with van der Waals surface area (Å²) in [5, 5.41) is 10.3. The van der Waals surface area contributed by atoms with Gasteiger partial charge < -0.3 is 20.9 Å². The Bertz CT molecular complexity index is 642. The summed E-state index contributed by atoms with van der Waals surface area (Å²) >= 11 is 0. The molecule has 6 heteroatoms. The van der Waals surface area contributed by atoms with E-state index >= 15 is 0 Å². The first-order chi connectivity index (χ1) is 11.4. The zero-order valence-corrected chi connectivity index (χ0v) is 13.3. The molecular weight excluding hydrogens is 288 g/mol. The highest BCUT2D eigenvalue weighted by Crippen LogP contribution is 2.39. The average molecular weight is 312 g/mol. The number of hydrogen-bond donors (Lipinski definition) is 4. The molecule has 2 aromatic rings. The van der Waals surface area contributed by atoms with E-state index < -0.39 is 0 Å². The van der Waals surface area contributed by atoms with Crippen LogP contribution in [0.1, 0.15) is 30.9 Å². The van der Waals surface area contributed by atoms with Gasteiger partial charge in [0.1, 0.15) is 11.5 Å². The molecule has 1 saturated carbocycles. The maximum absolute atomic E-state index is 4.66. The fraction of sp³-hybridized carbons (Fsp3) is 0.529. The van der Waals surface area contributed by atoms with E-state index in [1.807, 2.05) is 24.4 Å². The molecule has 2 aliphatic rings. The van der Waals surface area contributed by atoms with Gasteiger partial charge >= 0.3 is 0 Å². The third-order valence-electron chi connectivity index (χ3n) is 4.53. The standard InChI is InChI=1S/C17H24N6/c1-2-14(17-21-11-15(23-17)12-4-5-12)22-16(3-1)20-9-8-19-13-6-7-18-10-13/h1-3,11-13,18-19H,4-10H2,(H,20,22)(H,21,23). The Morgan fingerprint density at radius 2 is 2.13 bits per heavy atom. The fourth-order valence-electron chi connectivity index (χ4n) is 3.03. The van der Waals surface area contributed by atoms with E-state index in [-0.39, 0.29) is 0 Å². The van der Waals surface area contributed by atoms with Gasteiger partial charge in [0.05, 0.1) is 0 Å². The van der Waals surface area contributed by atoms with Crippen LogP contribution in [0, 0.1) is 0 Å². The monoisotopic (exact) mass is 312 g/mol. The zero-order chi connectivity index (χ0) is 15.5. The predicted molar refractivity (Wildman–Crippen MR) is 91.6 cm³/mol. The normalized spacial score (nSPS) is 20.8. The number of H-pyrrole nitrogens is 1. The van der Waals surface area contributed by atoms with Crippen LogP contribution in [0.5, 0.6) is 0 Å². The van der Waals surface area contributed by atoms with E-state index in [1.165, 1.54) is 25.0 Å². The van der Waals surface area contributed by atoms with Crippen LogP contribution in [0.4, 0.5) is 5.82 Å². The van der Waals surface area contributed by atoms with E-state index in [0.29, 0.717) is 12.0 Å². The second kappa shape index (κ2) is 6.68. The first-order valence-electron chi connectivity index (χ1n) is 8.59. The van der Waals surface area contributed by atoms with Gasteiger partial charge in [-0.25, -0.2) is 9.97 Å². The molecule has 2 aromatic heterocycles. The van der Waals surface area contributed by atoms with Crippen LogP contribution < -0.4 is 16.0 Å². The van der Waals surface area contributed by atoms with Crippen molar-refractivity contribution in [2.24, 2.45) is 0 Å². The first kappa shape index (κ1) is 14.7. The highest BCUT2D eigenvalue weighted by molar-refractivity contribution is 5.53. The Morgan fingerprint density at radius 1 is 1.17 bits per heavy atom. The lowest BCUT2D eigenvalue weighted by Crippen LogP contribution is -2.34. The SMILES string of the molecule is c1cc(NCCNC2CCNC2)nc(-c2ncc(C3CC3)[nH]2)c1. The second-order valence-electron chi connectivity index (χ2n) is 6.44. The quantitative estimate of drug-likeness (QED) is 0.586.